The average Bonchev–Trinajstić information content (AvgIpc) is 3.21. The number of carboxylic acids is 1. The van der Waals surface area contributed by atoms with E-state index in [2.05, 4.69) is 4.98 Å². The quantitative estimate of drug-likeness (QED) is 0.440. The predicted octanol–water partition coefficient (Wildman–Crippen LogP) is 4.46. The zero-order chi connectivity index (χ0) is 22.1. The van der Waals surface area contributed by atoms with Crippen molar-refractivity contribution >= 4 is 5.97 Å². The fourth-order valence-electron chi connectivity index (χ4n) is 3.22. The second-order valence-corrected chi connectivity index (χ2v) is 6.72. The largest absolute Gasteiger partial charge is 0.507 e. The van der Waals surface area contributed by atoms with Crippen LogP contribution in [0.4, 0.5) is 4.39 Å². The highest BCUT2D eigenvalue weighted by Gasteiger charge is 2.19. The summed E-state index contributed by atoms with van der Waals surface area (Å²) in [5.41, 5.74) is 1.20. The fraction of sp³-hybridized carbons (Fsp3) is 0.0435. The van der Waals surface area contributed by atoms with E-state index in [0.29, 0.717) is 17.0 Å². The Morgan fingerprint density at radius 2 is 1.74 bits per heavy atom. The zero-order valence-electron chi connectivity index (χ0n) is 16.3. The van der Waals surface area contributed by atoms with Crippen LogP contribution in [-0.2, 0) is 0 Å². The Morgan fingerprint density at radius 1 is 1.00 bits per heavy atom. The average molecular weight is 420 g/mol. The molecule has 3 N–H and O–H groups in total. The van der Waals surface area contributed by atoms with E-state index in [-0.39, 0.29) is 34.1 Å². The molecule has 0 spiro atoms. The number of imidazole rings is 1. The number of hydrogen-bond acceptors (Lipinski definition) is 5. The van der Waals surface area contributed by atoms with E-state index in [1.165, 1.54) is 37.6 Å². The summed E-state index contributed by atoms with van der Waals surface area (Å²) in [6.45, 7) is 0. The number of methoxy groups -OCH3 is 1. The number of hydrogen-bond donors (Lipinski definition) is 3. The Labute approximate surface area is 176 Å². The van der Waals surface area contributed by atoms with Gasteiger partial charge in [-0.15, -0.1) is 0 Å². The van der Waals surface area contributed by atoms with Crippen molar-refractivity contribution in [3.63, 3.8) is 0 Å². The van der Waals surface area contributed by atoms with Crippen molar-refractivity contribution in [3.05, 3.63) is 78.2 Å². The number of carbonyl (C=O) groups is 1. The first-order valence-corrected chi connectivity index (χ1v) is 9.17. The molecule has 1 heterocycles. The second-order valence-electron chi connectivity index (χ2n) is 6.72. The van der Waals surface area contributed by atoms with Crippen LogP contribution in [0.5, 0.6) is 17.2 Å². The minimum absolute atomic E-state index is 0.0576. The molecule has 3 aromatic carbocycles. The molecule has 0 atom stereocenters. The Morgan fingerprint density at radius 3 is 2.48 bits per heavy atom. The van der Waals surface area contributed by atoms with Crippen molar-refractivity contribution in [1.29, 1.82) is 0 Å². The molecule has 0 amide bonds. The fourth-order valence-corrected chi connectivity index (χ4v) is 3.22. The summed E-state index contributed by atoms with van der Waals surface area (Å²) in [5, 5.41) is 30.0. The van der Waals surface area contributed by atoms with E-state index in [9.17, 15) is 24.5 Å². The normalized spacial score (nSPS) is 10.8. The van der Waals surface area contributed by atoms with Crippen LogP contribution in [0.3, 0.4) is 0 Å². The van der Waals surface area contributed by atoms with Crippen LogP contribution in [0, 0.1) is 5.82 Å². The van der Waals surface area contributed by atoms with Gasteiger partial charge in [0.15, 0.2) is 0 Å². The number of rotatable bonds is 5. The lowest BCUT2D eigenvalue weighted by atomic mass is 10.1. The van der Waals surface area contributed by atoms with Crippen LogP contribution < -0.4 is 4.74 Å². The Kier molecular flexibility index (Phi) is 5.04. The van der Waals surface area contributed by atoms with Gasteiger partial charge in [0.2, 0.25) is 0 Å². The Hall–Kier alpha value is -4.33. The molecule has 0 aliphatic heterocycles. The van der Waals surface area contributed by atoms with Gasteiger partial charge in [0.1, 0.15) is 28.9 Å². The molecule has 0 aliphatic rings. The first kappa shape index (κ1) is 20.0. The van der Waals surface area contributed by atoms with E-state index in [1.54, 1.807) is 28.8 Å². The molecule has 0 fully saturated rings. The lowest BCUT2D eigenvalue weighted by Crippen LogP contribution is -2.01. The van der Waals surface area contributed by atoms with Gasteiger partial charge in [0.25, 0.3) is 0 Å². The van der Waals surface area contributed by atoms with E-state index in [4.69, 9.17) is 4.74 Å². The van der Waals surface area contributed by atoms with Crippen molar-refractivity contribution in [2.24, 2.45) is 0 Å². The standard InChI is InChI=1S/C23H17FN2O5/c1-31-16-6-8-21(28)18(11-16)22-25-19(17-10-14(24)5-7-20(17)27)12-26(22)15-4-2-3-13(9-15)23(29)30/h2-12,27-28H,1H3,(H,29,30). The van der Waals surface area contributed by atoms with Crippen LogP contribution in [0.25, 0.3) is 28.3 Å². The van der Waals surface area contributed by atoms with Crippen LogP contribution in [0.2, 0.25) is 0 Å². The Bertz CT molecular complexity index is 1300. The first-order valence-electron chi connectivity index (χ1n) is 9.17. The van der Waals surface area contributed by atoms with Gasteiger partial charge < -0.3 is 20.1 Å². The molecular formula is C23H17FN2O5. The van der Waals surface area contributed by atoms with Crippen molar-refractivity contribution < 1.29 is 29.2 Å². The molecule has 8 heteroatoms. The molecule has 0 saturated heterocycles. The highest BCUT2D eigenvalue weighted by Crippen LogP contribution is 2.37. The molecule has 4 rings (SSSR count). The Balaban J connectivity index is 1.99. The number of ether oxygens (including phenoxy) is 1. The third kappa shape index (κ3) is 3.78. The van der Waals surface area contributed by atoms with E-state index in [0.717, 1.165) is 12.1 Å². The molecule has 31 heavy (non-hydrogen) atoms. The van der Waals surface area contributed by atoms with Crippen molar-refractivity contribution in [3.8, 4) is 45.6 Å². The summed E-state index contributed by atoms with van der Waals surface area (Å²) in [6, 6.07) is 14.2. The molecule has 7 nitrogen and oxygen atoms in total. The number of phenolic OH excluding ortho intramolecular Hbond substituents is 2. The van der Waals surface area contributed by atoms with Gasteiger partial charge in [-0.05, 0) is 54.6 Å². The number of halogens is 1. The van der Waals surface area contributed by atoms with Crippen molar-refractivity contribution in [2.75, 3.05) is 7.11 Å². The summed E-state index contributed by atoms with van der Waals surface area (Å²) in [7, 11) is 1.48. The van der Waals surface area contributed by atoms with Gasteiger partial charge in [-0.1, -0.05) is 6.07 Å². The number of benzene rings is 3. The van der Waals surface area contributed by atoms with Crippen LogP contribution in [-0.4, -0.2) is 37.9 Å². The summed E-state index contributed by atoms with van der Waals surface area (Å²) in [5.74, 6) is -1.20. The molecule has 0 aliphatic carbocycles. The summed E-state index contributed by atoms with van der Waals surface area (Å²) >= 11 is 0. The zero-order valence-corrected chi connectivity index (χ0v) is 16.3. The van der Waals surface area contributed by atoms with Crippen molar-refractivity contribution in [1.82, 2.24) is 9.55 Å². The molecular weight excluding hydrogens is 403 g/mol. The van der Waals surface area contributed by atoms with Gasteiger partial charge in [-0.2, -0.15) is 0 Å². The molecule has 0 bridgehead atoms. The summed E-state index contributed by atoms with van der Waals surface area (Å²) in [6.07, 6.45) is 1.53. The maximum Gasteiger partial charge on any atom is 0.335 e. The molecule has 0 radical (unpaired) electrons. The van der Waals surface area contributed by atoms with Gasteiger partial charge in [-0.25, -0.2) is 14.2 Å². The summed E-state index contributed by atoms with van der Waals surface area (Å²) in [4.78, 5) is 15.9. The lowest BCUT2D eigenvalue weighted by Gasteiger charge is -2.11. The van der Waals surface area contributed by atoms with Gasteiger partial charge in [0.05, 0.1) is 23.9 Å². The topological polar surface area (TPSA) is 105 Å². The highest BCUT2D eigenvalue weighted by molar-refractivity contribution is 5.88. The smallest absolute Gasteiger partial charge is 0.335 e. The first-order chi connectivity index (χ1) is 14.9. The SMILES string of the molecule is COc1ccc(O)c(-c2nc(-c3cc(F)ccc3O)cn2-c2cccc(C(=O)O)c2)c1. The monoisotopic (exact) mass is 420 g/mol. The molecule has 0 saturated carbocycles. The minimum Gasteiger partial charge on any atom is -0.507 e. The van der Waals surface area contributed by atoms with Crippen LogP contribution in [0.15, 0.2) is 66.9 Å². The number of carboxylic acid groups (broad SMARTS) is 1. The summed E-state index contributed by atoms with van der Waals surface area (Å²) < 4.78 is 20.6. The number of aromatic hydroxyl groups is 2. The maximum absolute atomic E-state index is 13.8. The molecule has 4 aromatic rings. The van der Waals surface area contributed by atoms with E-state index in [1.807, 2.05) is 0 Å². The van der Waals surface area contributed by atoms with Gasteiger partial charge in [0, 0.05) is 17.4 Å². The minimum atomic E-state index is -1.10. The van der Waals surface area contributed by atoms with Crippen LogP contribution >= 0.6 is 0 Å². The third-order valence-corrected chi connectivity index (χ3v) is 4.76. The van der Waals surface area contributed by atoms with E-state index >= 15 is 0 Å². The predicted molar refractivity (Wildman–Crippen MR) is 111 cm³/mol. The van der Waals surface area contributed by atoms with Gasteiger partial charge >= 0.3 is 5.97 Å². The molecule has 156 valence electrons. The van der Waals surface area contributed by atoms with E-state index < -0.39 is 11.8 Å². The third-order valence-electron chi connectivity index (χ3n) is 4.76. The molecule has 0 unspecified atom stereocenters. The van der Waals surface area contributed by atoms with Crippen LogP contribution in [0.1, 0.15) is 10.4 Å². The number of aromatic nitrogens is 2. The van der Waals surface area contributed by atoms with Gasteiger partial charge in [-0.3, -0.25) is 4.57 Å². The number of nitrogens with zero attached hydrogens (tertiary/aromatic N) is 2. The maximum atomic E-state index is 13.8. The lowest BCUT2D eigenvalue weighted by molar-refractivity contribution is 0.0697. The second kappa shape index (κ2) is 7.83. The number of phenols is 2. The molecule has 1 aromatic heterocycles. The number of aromatic carboxylic acids is 1. The van der Waals surface area contributed by atoms with Crippen molar-refractivity contribution in [2.45, 2.75) is 0 Å². The highest BCUT2D eigenvalue weighted by atomic mass is 19.1.